The van der Waals surface area contributed by atoms with Gasteiger partial charge in [0.2, 0.25) is 5.91 Å². The van der Waals surface area contributed by atoms with Gasteiger partial charge in [-0.2, -0.15) is 0 Å². The Labute approximate surface area is 126 Å². The Morgan fingerprint density at radius 2 is 2.24 bits per heavy atom. The topological polar surface area (TPSA) is 83.6 Å². The van der Waals surface area contributed by atoms with Crippen LogP contribution >= 0.6 is 11.3 Å². The summed E-state index contributed by atoms with van der Waals surface area (Å²) in [6.07, 6.45) is 1.65. The van der Waals surface area contributed by atoms with Crippen molar-refractivity contribution in [2.45, 2.75) is 26.3 Å². The van der Waals surface area contributed by atoms with Gasteiger partial charge in [-0.1, -0.05) is 0 Å². The van der Waals surface area contributed by atoms with Crippen LogP contribution in [0.5, 0.6) is 0 Å². The summed E-state index contributed by atoms with van der Waals surface area (Å²) in [6, 6.07) is 3.40. The van der Waals surface area contributed by atoms with Crippen molar-refractivity contribution >= 4 is 23.2 Å². The normalized spacial score (nSPS) is 10.8. The third-order valence-electron chi connectivity index (χ3n) is 2.87. The molecule has 0 unspecified atom stereocenters. The largest absolute Gasteiger partial charge is 0.480 e. The zero-order valence-electron chi connectivity index (χ0n) is 11.8. The van der Waals surface area contributed by atoms with Crippen LogP contribution in [0.3, 0.4) is 0 Å². The van der Waals surface area contributed by atoms with E-state index < -0.39 is 5.97 Å². The molecule has 0 bridgehead atoms. The van der Waals surface area contributed by atoms with Gasteiger partial charge in [0.1, 0.15) is 6.54 Å². The Kier molecular flexibility index (Phi) is 4.74. The van der Waals surface area contributed by atoms with Gasteiger partial charge in [0, 0.05) is 11.4 Å². The molecular weight excluding hydrogens is 292 g/mol. The number of aliphatic carboxylic acids is 1. The van der Waals surface area contributed by atoms with Gasteiger partial charge in [0.25, 0.3) is 0 Å². The van der Waals surface area contributed by atoms with Crippen LogP contribution < -0.4 is 0 Å². The highest BCUT2D eigenvalue weighted by Crippen LogP contribution is 2.24. The number of aromatic nitrogens is 1. The van der Waals surface area contributed by atoms with Gasteiger partial charge in [-0.3, -0.25) is 9.59 Å². The van der Waals surface area contributed by atoms with E-state index in [1.165, 1.54) is 16.2 Å². The fourth-order valence-corrected chi connectivity index (χ4v) is 2.65. The van der Waals surface area contributed by atoms with E-state index in [4.69, 9.17) is 9.52 Å². The smallest absolute Gasteiger partial charge is 0.323 e. The number of thiazole rings is 1. The summed E-state index contributed by atoms with van der Waals surface area (Å²) >= 11 is 1.39. The second kappa shape index (κ2) is 6.53. The van der Waals surface area contributed by atoms with Crippen molar-refractivity contribution in [2.75, 3.05) is 6.54 Å². The average Bonchev–Trinajstić information content (AvgIpc) is 3.05. The molecule has 1 amide bonds. The molecule has 7 heteroatoms. The number of carbonyl (C=O) groups is 2. The van der Waals surface area contributed by atoms with Gasteiger partial charge in [-0.05, 0) is 26.0 Å². The lowest BCUT2D eigenvalue weighted by Crippen LogP contribution is -2.41. The van der Waals surface area contributed by atoms with Crippen LogP contribution in [0.1, 0.15) is 19.5 Å². The third kappa shape index (κ3) is 3.91. The molecule has 0 radical (unpaired) electrons. The first-order valence-electron chi connectivity index (χ1n) is 6.47. The van der Waals surface area contributed by atoms with Crippen LogP contribution in [0.4, 0.5) is 0 Å². The molecule has 2 rings (SSSR count). The highest BCUT2D eigenvalue weighted by atomic mass is 32.1. The molecule has 1 N–H and O–H groups in total. The van der Waals surface area contributed by atoms with E-state index >= 15 is 0 Å². The Hall–Kier alpha value is -2.15. The molecule has 0 aliphatic carbocycles. The second-order valence-electron chi connectivity index (χ2n) is 4.81. The summed E-state index contributed by atoms with van der Waals surface area (Å²) in [4.78, 5) is 28.7. The highest BCUT2D eigenvalue weighted by molar-refractivity contribution is 7.13. The van der Waals surface area contributed by atoms with E-state index in [1.807, 2.05) is 0 Å². The predicted octanol–water partition coefficient (Wildman–Crippen LogP) is 2.27. The highest BCUT2D eigenvalue weighted by Gasteiger charge is 2.21. The molecule has 0 saturated heterocycles. The van der Waals surface area contributed by atoms with Crippen LogP contribution in [0.15, 0.2) is 28.2 Å². The third-order valence-corrected chi connectivity index (χ3v) is 3.77. The number of nitrogens with zero attached hydrogens (tertiary/aromatic N) is 2. The Morgan fingerprint density at radius 3 is 2.81 bits per heavy atom. The maximum absolute atomic E-state index is 12.2. The lowest BCUT2D eigenvalue weighted by atomic mass is 10.2. The molecule has 0 atom stereocenters. The standard InChI is InChI=1S/C14H16N2O4S/c1-9(2)16(7-13(18)19)12(17)6-10-8-21-14(15-10)11-4-3-5-20-11/h3-5,8-9H,6-7H2,1-2H3,(H,18,19). The average molecular weight is 308 g/mol. The first-order chi connectivity index (χ1) is 9.97. The molecule has 0 fully saturated rings. The first kappa shape index (κ1) is 15.2. The monoisotopic (exact) mass is 308 g/mol. The van der Waals surface area contributed by atoms with Crippen LogP contribution in [0.2, 0.25) is 0 Å². The zero-order chi connectivity index (χ0) is 15.4. The van der Waals surface area contributed by atoms with E-state index in [0.29, 0.717) is 16.5 Å². The van der Waals surface area contributed by atoms with Gasteiger partial charge < -0.3 is 14.4 Å². The molecule has 2 aromatic rings. The fourth-order valence-electron chi connectivity index (χ4n) is 1.86. The van der Waals surface area contributed by atoms with Gasteiger partial charge >= 0.3 is 5.97 Å². The van der Waals surface area contributed by atoms with Gasteiger partial charge in [0.15, 0.2) is 10.8 Å². The molecule has 21 heavy (non-hydrogen) atoms. The molecule has 0 spiro atoms. The van der Waals surface area contributed by atoms with Gasteiger partial charge in [-0.25, -0.2) is 4.98 Å². The van der Waals surface area contributed by atoms with Crippen molar-refractivity contribution < 1.29 is 19.1 Å². The zero-order valence-corrected chi connectivity index (χ0v) is 12.6. The maximum Gasteiger partial charge on any atom is 0.323 e. The number of carboxylic acids is 1. The summed E-state index contributed by atoms with van der Waals surface area (Å²) < 4.78 is 5.25. The Morgan fingerprint density at radius 1 is 1.48 bits per heavy atom. The minimum atomic E-state index is -1.02. The number of amides is 1. The molecule has 112 valence electrons. The number of hydrogen-bond donors (Lipinski definition) is 1. The number of carboxylic acid groups (broad SMARTS) is 1. The number of carbonyl (C=O) groups excluding carboxylic acids is 1. The molecule has 2 heterocycles. The summed E-state index contributed by atoms with van der Waals surface area (Å²) in [5.74, 6) is -0.611. The van der Waals surface area contributed by atoms with Gasteiger partial charge in [0.05, 0.1) is 18.4 Å². The van der Waals surface area contributed by atoms with Crippen LogP contribution in [0.25, 0.3) is 10.8 Å². The number of furan rings is 1. The van der Waals surface area contributed by atoms with E-state index in [9.17, 15) is 9.59 Å². The second-order valence-corrected chi connectivity index (χ2v) is 5.67. The predicted molar refractivity (Wildman–Crippen MR) is 78.0 cm³/mol. The van der Waals surface area contributed by atoms with Gasteiger partial charge in [-0.15, -0.1) is 11.3 Å². The lowest BCUT2D eigenvalue weighted by molar-refractivity contribution is -0.145. The SMILES string of the molecule is CC(C)N(CC(=O)O)C(=O)Cc1csc(-c2ccco2)n1. The van der Waals surface area contributed by atoms with E-state index in [1.54, 1.807) is 37.6 Å². The van der Waals surface area contributed by atoms with Crippen molar-refractivity contribution in [1.29, 1.82) is 0 Å². The molecule has 2 aromatic heterocycles. The minimum Gasteiger partial charge on any atom is -0.480 e. The van der Waals surface area contributed by atoms with Crippen molar-refractivity contribution in [2.24, 2.45) is 0 Å². The molecule has 0 saturated carbocycles. The van der Waals surface area contributed by atoms with Crippen LogP contribution in [-0.2, 0) is 16.0 Å². The van der Waals surface area contributed by atoms with Crippen molar-refractivity contribution in [3.8, 4) is 10.8 Å². The minimum absolute atomic E-state index is 0.0860. The molecule has 6 nitrogen and oxygen atoms in total. The van der Waals surface area contributed by atoms with Crippen molar-refractivity contribution in [3.05, 3.63) is 29.5 Å². The summed E-state index contributed by atoms with van der Waals surface area (Å²) in [5.41, 5.74) is 0.618. The lowest BCUT2D eigenvalue weighted by Gasteiger charge is -2.24. The molecule has 0 aromatic carbocycles. The Bertz CT molecular complexity index is 619. The van der Waals surface area contributed by atoms with Crippen LogP contribution in [0, 0.1) is 0 Å². The fraction of sp³-hybridized carbons (Fsp3) is 0.357. The van der Waals surface area contributed by atoms with E-state index in [2.05, 4.69) is 4.98 Å². The summed E-state index contributed by atoms with van der Waals surface area (Å²) in [5, 5.41) is 11.3. The maximum atomic E-state index is 12.2. The first-order valence-corrected chi connectivity index (χ1v) is 7.35. The Balaban J connectivity index is 2.06. The van der Waals surface area contributed by atoms with E-state index in [0.717, 1.165) is 0 Å². The summed E-state index contributed by atoms with van der Waals surface area (Å²) in [6.45, 7) is 3.28. The molecular formula is C14H16N2O4S. The van der Waals surface area contributed by atoms with Crippen molar-refractivity contribution in [1.82, 2.24) is 9.88 Å². The quantitative estimate of drug-likeness (QED) is 0.885. The molecule has 0 aliphatic heterocycles. The van der Waals surface area contributed by atoms with Crippen molar-refractivity contribution in [3.63, 3.8) is 0 Å². The van der Waals surface area contributed by atoms with E-state index in [-0.39, 0.29) is 24.9 Å². The van der Waals surface area contributed by atoms with Crippen LogP contribution in [-0.4, -0.2) is 39.5 Å². The summed E-state index contributed by atoms with van der Waals surface area (Å²) in [7, 11) is 0. The molecule has 0 aliphatic rings. The number of rotatable bonds is 6. The number of hydrogen-bond acceptors (Lipinski definition) is 5.